The van der Waals surface area contributed by atoms with Gasteiger partial charge in [0.1, 0.15) is 6.10 Å². The van der Waals surface area contributed by atoms with Crippen molar-refractivity contribution >= 4 is 22.6 Å². The first-order chi connectivity index (χ1) is 9.86. The van der Waals surface area contributed by atoms with E-state index in [1.54, 1.807) is 0 Å². The van der Waals surface area contributed by atoms with E-state index in [9.17, 15) is 25.1 Å². The fraction of sp³-hybridized carbons (Fsp3) is 0.500. The molecular weight excluding hydrogens is 300 g/mol. The molecule has 2 atom stereocenters. The van der Waals surface area contributed by atoms with Crippen molar-refractivity contribution in [1.29, 1.82) is 0 Å². The Balaban J connectivity index is 2.81. The highest BCUT2D eigenvalue weighted by Gasteiger charge is 2.24. The highest BCUT2D eigenvalue weighted by Crippen LogP contribution is 2.29. The Morgan fingerprint density at radius 1 is 1.57 bits per heavy atom. The van der Waals surface area contributed by atoms with Crippen LogP contribution in [-0.2, 0) is 4.79 Å². The van der Waals surface area contributed by atoms with Crippen LogP contribution in [0.5, 0.6) is 5.88 Å². The van der Waals surface area contributed by atoms with Crippen LogP contribution in [0, 0.1) is 10.1 Å². The van der Waals surface area contributed by atoms with Crippen LogP contribution in [0.4, 0.5) is 5.69 Å². The first-order valence-electron chi connectivity index (χ1n) is 6.04. The summed E-state index contributed by atoms with van der Waals surface area (Å²) in [5.41, 5.74) is -0.276. The molecule has 0 aromatic carbocycles. The summed E-state index contributed by atoms with van der Waals surface area (Å²) in [4.78, 5) is 24.7. The Labute approximate surface area is 125 Å². The molecule has 0 aliphatic heterocycles. The van der Waals surface area contributed by atoms with Gasteiger partial charge >= 0.3 is 5.69 Å². The number of methoxy groups -OCH3 is 1. The molecule has 0 aliphatic carbocycles. The Bertz CT molecular complexity index is 524. The molecule has 116 valence electrons. The molecule has 0 amide bonds. The fourth-order valence-corrected chi connectivity index (χ4v) is 2.26. The van der Waals surface area contributed by atoms with Crippen molar-refractivity contribution in [1.82, 2.24) is 4.98 Å². The highest BCUT2D eigenvalue weighted by molar-refractivity contribution is 8.13. The van der Waals surface area contributed by atoms with Crippen LogP contribution < -0.4 is 4.74 Å². The van der Waals surface area contributed by atoms with Crippen molar-refractivity contribution in [2.75, 3.05) is 12.9 Å². The van der Waals surface area contributed by atoms with Gasteiger partial charge in [0.25, 0.3) is 5.88 Å². The largest absolute Gasteiger partial charge is 0.476 e. The van der Waals surface area contributed by atoms with Gasteiger partial charge in [-0.3, -0.25) is 14.9 Å². The van der Waals surface area contributed by atoms with E-state index in [-0.39, 0.29) is 28.7 Å². The number of aliphatic hydroxyl groups excluding tert-OH is 2. The summed E-state index contributed by atoms with van der Waals surface area (Å²) in [6.45, 7) is 1.41. The van der Waals surface area contributed by atoms with E-state index in [4.69, 9.17) is 4.74 Å². The van der Waals surface area contributed by atoms with Crippen molar-refractivity contribution in [2.24, 2.45) is 0 Å². The first kappa shape index (κ1) is 17.3. The van der Waals surface area contributed by atoms with Crippen LogP contribution >= 0.6 is 11.8 Å². The van der Waals surface area contributed by atoms with Gasteiger partial charge in [-0.05, 0) is 6.42 Å². The number of hydrogen-bond donors (Lipinski definition) is 2. The smallest absolute Gasteiger partial charge is 0.331 e. The number of carbonyl (C=O) groups excluding carboxylic acids is 1. The molecule has 8 nitrogen and oxygen atoms in total. The Kier molecular flexibility index (Phi) is 6.53. The summed E-state index contributed by atoms with van der Waals surface area (Å²) in [7, 11) is 1.25. The lowest BCUT2D eigenvalue weighted by molar-refractivity contribution is -0.386. The summed E-state index contributed by atoms with van der Waals surface area (Å²) in [5, 5.41) is 30.6. The van der Waals surface area contributed by atoms with Crippen LogP contribution in [0.2, 0.25) is 0 Å². The van der Waals surface area contributed by atoms with Crippen LogP contribution in [0.25, 0.3) is 0 Å². The SMILES string of the molecule is COc1ncc(C(O)C(O)CCSC(C)=O)cc1[N+](=O)[O-]. The summed E-state index contributed by atoms with van der Waals surface area (Å²) in [6, 6.07) is 1.11. The normalized spacial score (nSPS) is 13.5. The van der Waals surface area contributed by atoms with E-state index >= 15 is 0 Å². The Morgan fingerprint density at radius 2 is 2.24 bits per heavy atom. The van der Waals surface area contributed by atoms with Crippen molar-refractivity contribution in [3.63, 3.8) is 0 Å². The average Bonchev–Trinajstić information content (AvgIpc) is 2.45. The van der Waals surface area contributed by atoms with Crippen LogP contribution in [0.15, 0.2) is 12.3 Å². The maximum Gasteiger partial charge on any atom is 0.331 e. The number of aliphatic hydroxyl groups is 2. The number of aromatic nitrogens is 1. The van der Waals surface area contributed by atoms with E-state index in [0.29, 0.717) is 5.75 Å². The van der Waals surface area contributed by atoms with Gasteiger partial charge in [-0.15, -0.1) is 0 Å². The lowest BCUT2D eigenvalue weighted by atomic mass is 10.0. The predicted octanol–water partition coefficient (Wildman–Crippen LogP) is 1.06. The van der Waals surface area contributed by atoms with Crippen LogP contribution in [-0.4, -0.2) is 44.2 Å². The van der Waals surface area contributed by atoms with Gasteiger partial charge in [0.15, 0.2) is 5.12 Å². The molecule has 9 heteroatoms. The summed E-state index contributed by atoms with van der Waals surface area (Å²) < 4.78 is 4.76. The first-order valence-corrected chi connectivity index (χ1v) is 7.03. The van der Waals surface area contributed by atoms with Crippen molar-refractivity contribution < 1.29 is 24.7 Å². The standard InChI is InChI=1S/C12H16N2O6S/c1-7(15)21-4-3-10(16)11(17)8-5-9(14(18)19)12(20-2)13-6-8/h5-6,10-11,16-17H,3-4H2,1-2H3. The third kappa shape index (κ3) is 4.96. The van der Waals surface area contributed by atoms with Crippen LogP contribution in [0.3, 0.4) is 0 Å². The van der Waals surface area contributed by atoms with E-state index in [2.05, 4.69) is 4.98 Å². The van der Waals surface area contributed by atoms with Gasteiger partial charge in [-0.25, -0.2) is 4.98 Å². The van der Waals surface area contributed by atoms with Crippen molar-refractivity contribution in [2.45, 2.75) is 25.6 Å². The monoisotopic (exact) mass is 316 g/mol. The third-order valence-electron chi connectivity index (χ3n) is 2.67. The molecule has 2 N–H and O–H groups in total. The molecule has 0 radical (unpaired) electrons. The molecule has 1 aromatic rings. The van der Waals surface area contributed by atoms with E-state index < -0.39 is 17.1 Å². The lowest BCUT2D eigenvalue weighted by Gasteiger charge is -2.17. The maximum atomic E-state index is 10.9. The molecule has 0 spiro atoms. The van der Waals surface area contributed by atoms with Gasteiger partial charge in [0.05, 0.1) is 18.1 Å². The van der Waals surface area contributed by atoms with Crippen molar-refractivity contribution in [3.05, 3.63) is 27.9 Å². The molecule has 2 unspecified atom stereocenters. The molecular formula is C12H16N2O6S. The number of thioether (sulfide) groups is 1. The lowest BCUT2D eigenvalue weighted by Crippen LogP contribution is -2.19. The molecule has 0 aliphatic rings. The molecule has 0 saturated carbocycles. The fourth-order valence-electron chi connectivity index (χ4n) is 1.61. The Hall–Kier alpha value is -1.71. The number of hydrogen-bond acceptors (Lipinski definition) is 8. The molecule has 1 heterocycles. The average molecular weight is 316 g/mol. The zero-order valence-corrected chi connectivity index (χ0v) is 12.4. The number of nitro groups is 1. The van der Waals surface area contributed by atoms with Gasteiger partial charge in [0.2, 0.25) is 0 Å². The number of nitrogens with zero attached hydrogens (tertiary/aromatic N) is 2. The number of ether oxygens (including phenoxy) is 1. The van der Waals surface area contributed by atoms with Crippen molar-refractivity contribution in [3.8, 4) is 5.88 Å². The summed E-state index contributed by atoms with van der Waals surface area (Å²) in [5.74, 6) is 0.178. The molecule has 0 fully saturated rings. The van der Waals surface area contributed by atoms with Gasteiger partial charge in [0, 0.05) is 30.5 Å². The number of rotatable bonds is 7. The summed E-state index contributed by atoms with van der Waals surface area (Å²) in [6.07, 6.45) is -1.09. The van der Waals surface area contributed by atoms with Gasteiger partial charge in [-0.1, -0.05) is 11.8 Å². The van der Waals surface area contributed by atoms with E-state index in [1.165, 1.54) is 20.2 Å². The van der Waals surface area contributed by atoms with Crippen LogP contribution in [0.1, 0.15) is 25.0 Å². The van der Waals surface area contributed by atoms with E-state index in [1.807, 2.05) is 0 Å². The maximum absolute atomic E-state index is 10.9. The zero-order valence-electron chi connectivity index (χ0n) is 11.6. The second-order valence-corrected chi connectivity index (χ2v) is 5.47. The Morgan fingerprint density at radius 3 is 2.76 bits per heavy atom. The third-order valence-corrected chi connectivity index (χ3v) is 3.51. The highest BCUT2D eigenvalue weighted by atomic mass is 32.2. The minimum absolute atomic E-state index is 0.0848. The summed E-state index contributed by atoms with van der Waals surface area (Å²) >= 11 is 1.03. The quantitative estimate of drug-likeness (QED) is 0.565. The topological polar surface area (TPSA) is 123 Å². The molecule has 0 bridgehead atoms. The van der Waals surface area contributed by atoms with Gasteiger partial charge in [-0.2, -0.15) is 0 Å². The molecule has 0 saturated heterocycles. The second kappa shape index (κ2) is 7.91. The van der Waals surface area contributed by atoms with Gasteiger partial charge < -0.3 is 14.9 Å². The zero-order chi connectivity index (χ0) is 16.0. The predicted molar refractivity (Wildman–Crippen MR) is 76.2 cm³/mol. The molecule has 1 aromatic heterocycles. The van der Waals surface area contributed by atoms with E-state index in [0.717, 1.165) is 17.8 Å². The minimum atomic E-state index is -1.32. The number of carbonyl (C=O) groups is 1. The minimum Gasteiger partial charge on any atom is -0.476 e. The molecule has 1 rings (SSSR count). The number of pyridine rings is 1. The second-order valence-electron chi connectivity index (χ2n) is 4.20. The molecule has 21 heavy (non-hydrogen) atoms.